The topological polar surface area (TPSA) is 119 Å². The second-order valence-corrected chi connectivity index (χ2v) is 5.33. The molecule has 0 saturated heterocycles. The van der Waals surface area contributed by atoms with Crippen molar-refractivity contribution >= 4 is 23.7 Å². The van der Waals surface area contributed by atoms with Gasteiger partial charge in [-0.15, -0.1) is 0 Å². The zero-order valence-corrected chi connectivity index (χ0v) is 15.1. The predicted octanol–water partition coefficient (Wildman–Crippen LogP) is 3.07. The largest absolute Gasteiger partial charge is 0.462 e. The lowest BCUT2D eigenvalue weighted by Gasteiger charge is -2.07. The molecule has 0 radical (unpaired) electrons. The number of nitriles is 1. The predicted molar refractivity (Wildman–Crippen MR) is 94.5 cm³/mol. The number of nitrogens with zero attached hydrogens (tertiary/aromatic N) is 1. The number of carbonyl (C=O) groups is 3. The molecular formula is C19H18N2O6. The van der Waals surface area contributed by atoms with E-state index in [0.29, 0.717) is 5.56 Å². The van der Waals surface area contributed by atoms with Gasteiger partial charge >= 0.3 is 11.9 Å². The van der Waals surface area contributed by atoms with E-state index >= 15 is 0 Å². The number of esters is 2. The molecule has 8 heteroatoms. The fraction of sp³-hybridized carbons (Fsp3) is 0.263. The van der Waals surface area contributed by atoms with E-state index in [-0.39, 0.29) is 41.5 Å². The molecule has 1 amide bonds. The molecule has 1 heterocycles. The van der Waals surface area contributed by atoms with Crippen LogP contribution in [0.4, 0.5) is 5.88 Å². The van der Waals surface area contributed by atoms with Crippen LogP contribution in [0.15, 0.2) is 28.7 Å². The molecule has 1 aromatic heterocycles. The fourth-order valence-electron chi connectivity index (χ4n) is 2.39. The van der Waals surface area contributed by atoms with Crippen molar-refractivity contribution < 1.29 is 28.3 Å². The average Bonchev–Trinajstić information content (AvgIpc) is 2.98. The van der Waals surface area contributed by atoms with Crippen LogP contribution in [-0.4, -0.2) is 31.1 Å². The summed E-state index contributed by atoms with van der Waals surface area (Å²) >= 11 is 0. The molecule has 1 aromatic carbocycles. The van der Waals surface area contributed by atoms with Crippen LogP contribution in [0.1, 0.15) is 56.2 Å². The number of aryl methyl sites for hydroxylation is 1. The van der Waals surface area contributed by atoms with Gasteiger partial charge in [-0.1, -0.05) is 6.07 Å². The van der Waals surface area contributed by atoms with Crippen LogP contribution < -0.4 is 5.32 Å². The van der Waals surface area contributed by atoms with Gasteiger partial charge in [-0.05, 0) is 39.0 Å². The lowest BCUT2D eigenvalue weighted by molar-refractivity contribution is 0.0480. The van der Waals surface area contributed by atoms with Crippen molar-refractivity contribution in [3.8, 4) is 6.07 Å². The number of furan rings is 1. The first-order valence-electron chi connectivity index (χ1n) is 8.22. The second kappa shape index (κ2) is 8.67. The summed E-state index contributed by atoms with van der Waals surface area (Å²) in [5.41, 5.74) is 0.181. The maximum absolute atomic E-state index is 12.5. The number of benzene rings is 1. The molecule has 8 nitrogen and oxygen atoms in total. The second-order valence-electron chi connectivity index (χ2n) is 5.33. The van der Waals surface area contributed by atoms with Crippen LogP contribution in [0.25, 0.3) is 0 Å². The van der Waals surface area contributed by atoms with Crippen LogP contribution in [0.3, 0.4) is 0 Å². The molecule has 0 atom stereocenters. The average molecular weight is 370 g/mol. The van der Waals surface area contributed by atoms with Gasteiger partial charge in [-0.3, -0.25) is 10.1 Å². The first-order valence-corrected chi connectivity index (χ1v) is 8.22. The molecule has 0 saturated carbocycles. The van der Waals surface area contributed by atoms with Crippen LogP contribution in [-0.2, 0) is 9.47 Å². The van der Waals surface area contributed by atoms with Gasteiger partial charge in [0.15, 0.2) is 0 Å². The summed E-state index contributed by atoms with van der Waals surface area (Å²) in [4.78, 5) is 37.0. The number of hydrogen-bond acceptors (Lipinski definition) is 7. The molecule has 0 aliphatic rings. The highest BCUT2D eigenvalue weighted by Gasteiger charge is 2.31. The molecule has 2 rings (SSSR count). The summed E-state index contributed by atoms with van der Waals surface area (Å²) < 4.78 is 15.4. The van der Waals surface area contributed by atoms with Crippen molar-refractivity contribution in [2.75, 3.05) is 18.5 Å². The van der Waals surface area contributed by atoms with Crippen molar-refractivity contribution in [2.45, 2.75) is 20.8 Å². The van der Waals surface area contributed by atoms with Crippen LogP contribution in [0.5, 0.6) is 0 Å². The Labute approximate surface area is 155 Å². The Morgan fingerprint density at radius 2 is 1.74 bits per heavy atom. The molecule has 0 aliphatic heterocycles. The molecule has 2 aromatic rings. The summed E-state index contributed by atoms with van der Waals surface area (Å²) in [6, 6.07) is 7.93. The van der Waals surface area contributed by atoms with Gasteiger partial charge in [-0.25, -0.2) is 9.59 Å². The Bertz CT molecular complexity index is 923. The molecule has 0 bridgehead atoms. The number of amides is 1. The third-order valence-corrected chi connectivity index (χ3v) is 3.52. The maximum atomic E-state index is 12.5. The minimum atomic E-state index is -0.821. The van der Waals surface area contributed by atoms with E-state index in [4.69, 9.17) is 19.2 Å². The van der Waals surface area contributed by atoms with Crippen molar-refractivity contribution in [3.05, 3.63) is 52.3 Å². The van der Waals surface area contributed by atoms with E-state index < -0.39 is 17.8 Å². The summed E-state index contributed by atoms with van der Waals surface area (Å²) in [6.45, 7) is 4.89. The molecular weight excluding hydrogens is 352 g/mol. The molecule has 0 aliphatic carbocycles. The third-order valence-electron chi connectivity index (χ3n) is 3.52. The van der Waals surface area contributed by atoms with Gasteiger partial charge in [0.1, 0.15) is 16.9 Å². The number of anilines is 1. The van der Waals surface area contributed by atoms with Crippen LogP contribution in [0.2, 0.25) is 0 Å². The molecule has 0 fully saturated rings. The Hall–Kier alpha value is -3.60. The lowest BCUT2D eigenvalue weighted by Crippen LogP contribution is -2.17. The smallest absolute Gasteiger partial charge is 0.344 e. The van der Waals surface area contributed by atoms with Gasteiger partial charge in [0.05, 0.1) is 24.8 Å². The SMILES string of the molecule is CCOC(=O)c1c(C)oc(NC(=O)c2cccc(C#N)c2)c1C(=O)OCC. The minimum absolute atomic E-state index is 0.0723. The van der Waals surface area contributed by atoms with E-state index in [1.807, 2.05) is 6.07 Å². The zero-order chi connectivity index (χ0) is 20.0. The number of nitrogens with one attached hydrogen (secondary N) is 1. The van der Waals surface area contributed by atoms with Crippen LogP contribution >= 0.6 is 0 Å². The molecule has 140 valence electrons. The van der Waals surface area contributed by atoms with Gasteiger partial charge in [0.2, 0.25) is 5.88 Å². The highest BCUT2D eigenvalue weighted by atomic mass is 16.5. The Kier molecular flexibility index (Phi) is 6.33. The zero-order valence-electron chi connectivity index (χ0n) is 15.1. The molecule has 0 spiro atoms. The van der Waals surface area contributed by atoms with Crippen molar-refractivity contribution in [3.63, 3.8) is 0 Å². The first-order chi connectivity index (χ1) is 12.9. The highest BCUT2D eigenvalue weighted by Crippen LogP contribution is 2.29. The van der Waals surface area contributed by atoms with E-state index in [9.17, 15) is 14.4 Å². The van der Waals surface area contributed by atoms with E-state index in [0.717, 1.165) is 0 Å². The Morgan fingerprint density at radius 1 is 1.11 bits per heavy atom. The van der Waals surface area contributed by atoms with Crippen molar-refractivity contribution in [1.82, 2.24) is 0 Å². The van der Waals surface area contributed by atoms with Gasteiger partial charge in [0.25, 0.3) is 5.91 Å². The van der Waals surface area contributed by atoms with Crippen LogP contribution in [0, 0.1) is 18.3 Å². The third kappa shape index (κ3) is 4.33. The fourth-order valence-corrected chi connectivity index (χ4v) is 2.39. The number of rotatable bonds is 6. The molecule has 0 unspecified atom stereocenters. The summed E-state index contributed by atoms with van der Waals surface area (Å²) in [6.07, 6.45) is 0. The number of hydrogen-bond donors (Lipinski definition) is 1. The Morgan fingerprint density at radius 3 is 2.33 bits per heavy atom. The standard InChI is InChI=1S/C19H18N2O6/c1-4-25-18(23)14-11(3)27-17(15(14)19(24)26-5-2)21-16(22)13-8-6-7-12(9-13)10-20/h6-9H,4-5H2,1-3H3,(H,21,22). The number of carbonyl (C=O) groups excluding carboxylic acids is 3. The quantitative estimate of drug-likeness (QED) is 0.776. The first kappa shape index (κ1) is 19.7. The lowest BCUT2D eigenvalue weighted by atomic mass is 10.1. The van der Waals surface area contributed by atoms with E-state index in [2.05, 4.69) is 5.32 Å². The highest BCUT2D eigenvalue weighted by molar-refractivity contribution is 6.11. The van der Waals surface area contributed by atoms with Crippen molar-refractivity contribution in [1.29, 1.82) is 5.26 Å². The summed E-state index contributed by atoms with van der Waals surface area (Å²) in [5, 5.41) is 11.4. The van der Waals surface area contributed by atoms with Gasteiger partial charge in [-0.2, -0.15) is 5.26 Å². The maximum Gasteiger partial charge on any atom is 0.344 e. The molecule has 1 N–H and O–H groups in total. The molecule has 27 heavy (non-hydrogen) atoms. The monoisotopic (exact) mass is 370 g/mol. The Balaban J connectivity index is 2.44. The summed E-state index contributed by atoms with van der Waals surface area (Å²) in [7, 11) is 0. The number of ether oxygens (including phenoxy) is 2. The van der Waals surface area contributed by atoms with E-state index in [1.165, 1.54) is 19.1 Å². The normalized spacial score (nSPS) is 10.0. The van der Waals surface area contributed by atoms with Gasteiger partial charge in [0, 0.05) is 5.56 Å². The van der Waals surface area contributed by atoms with Gasteiger partial charge < -0.3 is 13.9 Å². The minimum Gasteiger partial charge on any atom is -0.462 e. The van der Waals surface area contributed by atoms with E-state index in [1.54, 1.807) is 26.0 Å². The van der Waals surface area contributed by atoms with Crippen molar-refractivity contribution in [2.24, 2.45) is 0 Å². The summed E-state index contributed by atoms with van der Waals surface area (Å²) in [5.74, 6) is -2.30.